The van der Waals surface area contributed by atoms with Crippen molar-refractivity contribution in [2.24, 2.45) is 5.92 Å². The topological polar surface area (TPSA) is 38.7 Å². The molecular formula is C16H30O3. The van der Waals surface area contributed by atoms with Crippen molar-refractivity contribution < 1.29 is 14.6 Å². The van der Waals surface area contributed by atoms with Crippen molar-refractivity contribution in [1.29, 1.82) is 0 Å². The minimum Gasteiger partial charge on any atom is -0.368 e. The normalized spacial score (nSPS) is 33.8. The molecule has 2 heterocycles. The third-order valence-corrected chi connectivity index (χ3v) is 4.45. The van der Waals surface area contributed by atoms with Gasteiger partial charge in [0.15, 0.2) is 12.6 Å². The number of aliphatic hydroxyl groups excluding tert-OH is 1. The molecule has 0 aromatic rings. The second-order valence-electron chi connectivity index (χ2n) is 6.21. The van der Waals surface area contributed by atoms with Crippen LogP contribution in [0.5, 0.6) is 0 Å². The van der Waals surface area contributed by atoms with E-state index in [4.69, 9.17) is 9.47 Å². The van der Waals surface area contributed by atoms with Gasteiger partial charge >= 0.3 is 0 Å². The van der Waals surface area contributed by atoms with Crippen LogP contribution in [0, 0.1) is 5.92 Å². The molecule has 0 aliphatic carbocycles. The third kappa shape index (κ3) is 5.05. The lowest BCUT2D eigenvalue weighted by atomic mass is 9.99. The van der Waals surface area contributed by atoms with Crippen LogP contribution in [0.25, 0.3) is 0 Å². The second kappa shape index (κ2) is 8.23. The van der Waals surface area contributed by atoms with Crippen LogP contribution in [-0.4, -0.2) is 23.8 Å². The Kier molecular flexibility index (Phi) is 6.62. The first-order valence-corrected chi connectivity index (χ1v) is 8.28. The maximum absolute atomic E-state index is 9.35. The summed E-state index contributed by atoms with van der Waals surface area (Å²) in [5.41, 5.74) is 0. The predicted octanol–water partition coefficient (Wildman–Crippen LogP) is 3.99. The minimum atomic E-state index is -0.584. The van der Waals surface area contributed by atoms with Crippen LogP contribution in [0.4, 0.5) is 0 Å². The van der Waals surface area contributed by atoms with E-state index in [9.17, 15) is 5.11 Å². The SMILES string of the molecule is CCCCCCCCCCC1C[C@H]2CC(O)O[C@H]2O1. The van der Waals surface area contributed by atoms with Crippen LogP contribution in [0.3, 0.4) is 0 Å². The monoisotopic (exact) mass is 270 g/mol. The van der Waals surface area contributed by atoms with Gasteiger partial charge in [0.1, 0.15) is 0 Å². The Bertz CT molecular complexity index is 230. The van der Waals surface area contributed by atoms with Crippen LogP contribution < -0.4 is 0 Å². The summed E-state index contributed by atoms with van der Waals surface area (Å²) in [5.74, 6) is 0.439. The van der Waals surface area contributed by atoms with E-state index in [1.165, 1.54) is 57.8 Å². The van der Waals surface area contributed by atoms with Crippen molar-refractivity contribution in [3.05, 3.63) is 0 Å². The molecule has 0 amide bonds. The molecule has 1 N–H and O–H groups in total. The lowest BCUT2D eigenvalue weighted by Gasteiger charge is -2.13. The van der Waals surface area contributed by atoms with Gasteiger partial charge in [0.25, 0.3) is 0 Å². The van der Waals surface area contributed by atoms with Gasteiger partial charge in [0.2, 0.25) is 0 Å². The Hall–Kier alpha value is -0.120. The molecule has 0 aromatic carbocycles. The van der Waals surface area contributed by atoms with E-state index in [-0.39, 0.29) is 6.29 Å². The van der Waals surface area contributed by atoms with Crippen molar-refractivity contribution >= 4 is 0 Å². The van der Waals surface area contributed by atoms with Gasteiger partial charge in [-0.05, 0) is 12.8 Å². The van der Waals surface area contributed by atoms with Gasteiger partial charge in [-0.3, -0.25) is 0 Å². The predicted molar refractivity (Wildman–Crippen MR) is 75.7 cm³/mol. The first-order valence-electron chi connectivity index (χ1n) is 8.28. The van der Waals surface area contributed by atoms with Crippen LogP contribution in [0.1, 0.15) is 77.6 Å². The number of unbranched alkanes of at least 4 members (excludes halogenated alkanes) is 7. The highest BCUT2D eigenvalue weighted by atomic mass is 16.7. The number of rotatable bonds is 9. The van der Waals surface area contributed by atoms with Gasteiger partial charge in [-0.2, -0.15) is 0 Å². The number of hydrogen-bond donors (Lipinski definition) is 1. The second-order valence-corrected chi connectivity index (χ2v) is 6.21. The zero-order valence-corrected chi connectivity index (χ0v) is 12.4. The Morgan fingerprint density at radius 3 is 2.26 bits per heavy atom. The van der Waals surface area contributed by atoms with Gasteiger partial charge in [0.05, 0.1) is 6.10 Å². The number of hydrogen-bond acceptors (Lipinski definition) is 3. The standard InChI is InChI=1S/C16H30O3/c1-2-3-4-5-6-7-8-9-10-14-11-13-12-15(17)19-16(13)18-14/h13-17H,2-12H2,1H3/t13-,14?,15?,16+/m0/s1. The Labute approximate surface area is 117 Å². The van der Waals surface area contributed by atoms with Crippen molar-refractivity contribution in [3.63, 3.8) is 0 Å². The lowest BCUT2D eigenvalue weighted by molar-refractivity contribution is -0.190. The summed E-state index contributed by atoms with van der Waals surface area (Å²) in [7, 11) is 0. The highest BCUT2D eigenvalue weighted by Gasteiger charge is 2.42. The van der Waals surface area contributed by atoms with E-state index in [1.54, 1.807) is 0 Å². The van der Waals surface area contributed by atoms with Crippen molar-refractivity contribution in [1.82, 2.24) is 0 Å². The first kappa shape index (κ1) is 15.3. The van der Waals surface area contributed by atoms with Gasteiger partial charge in [-0.25, -0.2) is 0 Å². The highest BCUT2D eigenvalue weighted by molar-refractivity contribution is 4.82. The average Bonchev–Trinajstić information content (AvgIpc) is 2.89. The van der Waals surface area contributed by atoms with Gasteiger partial charge < -0.3 is 14.6 Å². The summed E-state index contributed by atoms with van der Waals surface area (Å²) in [6, 6.07) is 0. The molecule has 2 unspecified atom stereocenters. The number of aliphatic hydroxyl groups is 1. The van der Waals surface area contributed by atoms with Crippen molar-refractivity contribution in [3.8, 4) is 0 Å². The van der Waals surface area contributed by atoms with Crippen LogP contribution in [0.15, 0.2) is 0 Å². The summed E-state index contributed by atoms with van der Waals surface area (Å²) >= 11 is 0. The molecule has 0 saturated carbocycles. The van der Waals surface area contributed by atoms with E-state index < -0.39 is 6.29 Å². The largest absolute Gasteiger partial charge is 0.368 e. The molecule has 0 spiro atoms. The highest BCUT2D eigenvalue weighted by Crippen LogP contribution is 2.38. The zero-order chi connectivity index (χ0) is 13.5. The zero-order valence-electron chi connectivity index (χ0n) is 12.4. The molecule has 2 saturated heterocycles. The van der Waals surface area contributed by atoms with Crippen molar-refractivity contribution in [2.75, 3.05) is 0 Å². The quantitative estimate of drug-likeness (QED) is 0.644. The molecule has 19 heavy (non-hydrogen) atoms. The Morgan fingerprint density at radius 2 is 1.58 bits per heavy atom. The molecule has 2 rings (SSSR count). The molecule has 2 aliphatic rings. The summed E-state index contributed by atoms with van der Waals surface area (Å²) in [4.78, 5) is 0. The summed E-state index contributed by atoms with van der Waals surface area (Å²) in [5, 5.41) is 9.35. The maximum atomic E-state index is 9.35. The lowest BCUT2D eigenvalue weighted by Crippen LogP contribution is -2.16. The van der Waals surface area contributed by atoms with E-state index in [1.807, 2.05) is 0 Å². The summed E-state index contributed by atoms with van der Waals surface area (Å²) < 4.78 is 11.2. The van der Waals surface area contributed by atoms with E-state index >= 15 is 0 Å². The minimum absolute atomic E-state index is 0.117. The smallest absolute Gasteiger partial charge is 0.164 e. The van der Waals surface area contributed by atoms with Gasteiger partial charge in [0, 0.05) is 12.3 Å². The van der Waals surface area contributed by atoms with E-state index in [0.717, 1.165) is 12.8 Å². The van der Waals surface area contributed by atoms with E-state index in [0.29, 0.717) is 12.0 Å². The van der Waals surface area contributed by atoms with Crippen LogP contribution >= 0.6 is 0 Å². The summed E-state index contributed by atoms with van der Waals surface area (Å²) in [6.07, 6.45) is 13.6. The number of fused-ring (bicyclic) bond motifs is 1. The fourth-order valence-corrected chi connectivity index (χ4v) is 3.32. The Morgan fingerprint density at radius 1 is 0.895 bits per heavy atom. The molecule has 2 aliphatic heterocycles. The van der Waals surface area contributed by atoms with Crippen LogP contribution in [-0.2, 0) is 9.47 Å². The fraction of sp³-hybridized carbons (Fsp3) is 1.00. The molecule has 3 nitrogen and oxygen atoms in total. The molecule has 112 valence electrons. The molecule has 2 fully saturated rings. The Balaban J connectivity index is 1.43. The first-order chi connectivity index (χ1) is 9.29. The van der Waals surface area contributed by atoms with Gasteiger partial charge in [-0.1, -0.05) is 58.3 Å². The van der Waals surface area contributed by atoms with Crippen molar-refractivity contribution in [2.45, 2.75) is 96.2 Å². The summed E-state index contributed by atoms with van der Waals surface area (Å²) in [6.45, 7) is 2.26. The average molecular weight is 270 g/mol. The van der Waals surface area contributed by atoms with Gasteiger partial charge in [-0.15, -0.1) is 0 Å². The molecule has 0 radical (unpaired) electrons. The maximum Gasteiger partial charge on any atom is 0.164 e. The molecule has 0 bridgehead atoms. The number of ether oxygens (including phenoxy) is 2. The molecular weight excluding hydrogens is 240 g/mol. The fourth-order valence-electron chi connectivity index (χ4n) is 3.32. The van der Waals surface area contributed by atoms with E-state index in [2.05, 4.69) is 6.92 Å². The molecule has 0 aromatic heterocycles. The molecule has 4 atom stereocenters. The molecule has 3 heteroatoms. The van der Waals surface area contributed by atoms with Crippen LogP contribution in [0.2, 0.25) is 0 Å². The third-order valence-electron chi connectivity index (χ3n) is 4.45.